The second kappa shape index (κ2) is 9.24. The third kappa shape index (κ3) is 4.98. The molecule has 1 aromatic carbocycles. The third-order valence-electron chi connectivity index (χ3n) is 4.13. The lowest BCUT2D eigenvalue weighted by atomic mass is 9.97. The predicted molar refractivity (Wildman–Crippen MR) is 97.1 cm³/mol. The van der Waals surface area contributed by atoms with Gasteiger partial charge in [-0.1, -0.05) is 0 Å². The monoisotopic (exact) mass is 391 g/mol. The number of aliphatic hydroxyl groups excluding tert-OH is 1. The number of ketones is 1. The number of fused-ring (bicyclic) bond motifs is 1. The van der Waals surface area contributed by atoms with E-state index in [0.717, 1.165) is 19.0 Å². The van der Waals surface area contributed by atoms with Gasteiger partial charge in [0.1, 0.15) is 5.82 Å². The summed E-state index contributed by atoms with van der Waals surface area (Å²) in [6.45, 7) is 0.634. The summed E-state index contributed by atoms with van der Waals surface area (Å²) < 4.78 is 14.5. The molecule has 2 N–H and O–H groups in total. The first-order chi connectivity index (χ1) is 11.0. The van der Waals surface area contributed by atoms with Crippen molar-refractivity contribution in [3.63, 3.8) is 0 Å². The average molecular weight is 392 g/mol. The summed E-state index contributed by atoms with van der Waals surface area (Å²) in [5.74, 6) is -0.696. The maximum Gasteiger partial charge on any atom is 0.261 e. The van der Waals surface area contributed by atoms with Gasteiger partial charge < -0.3 is 10.4 Å². The maximum absolute atomic E-state index is 13.3. The molecule has 2 heterocycles. The molecule has 0 saturated carbocycles. The van der Waals surface area contributed by atoms with E-state index in [1.807, 2.05) is 0 Å². The molecule has 1 aliphatic heterocycles. The molecule has 0 aliphatic carbocycles. The van der Waals surface area contributed by atoms with Crippen molar-refractivity contribution < 1.29 is 14.3 Å². The van der Waals surface area contributed by atoms with Crippen LogP contribution >= 0.6 is 24.8 Å². The molecule has 9 heteroatoms. The van der Waals surface area contributed by atoms with Crippen LogP contribution in [-0.4, -0.2) is 39.1 Å². The van der Waals surface area contributed by atoms with Gasteiger partial charge in [-0.3, -0.25) is 14.2 Å². The quantitative estimate of drug-likeness (QED) is 0.823. The predicted octanol–water partition coefficient (Wildman–Crippen LogP) is 1.45. The largest absolute Gasteiger partial charge is 0.391 e. The molecule has 1 saturated heterocycles. The van der Waals surface area contributed by atoms with Crippen LogP contribution in [0.3, 0.4) is 0 Å². The normalized spacial score (nSPS) is 19.8. The van der Waals surface area contributed by atoms with E-state index in [1.54, 1.807) is 0 Å². The smallest absolute Gasteiger partial charge is 0.261 e. The molecule has 25 heavy (non-hydrogen) atoms. The summed E-state index contributed by atoms with van der Waals surface area (Å²) in [5, 5.41) is 13.1. The molecule has 0 spiro atoms. The van der Waals surface area contributed by atoms with Crippen molar-refractivity contribution in [2.24, 2.45) is 0 Å². The zero-order chi connectivity index (χ0) is 16.4. The molecular weight excluding hydrogens is 372 g/mol. The number of halogens is 3. The van der Waals surface area contributed by atoms with E-state index in [-0.39, 0.29) is 55.0 Å². The third-order valence-corrected chi connectivity index (χ3v) is 4.13. The molecule has 1 aromatic heterocycles. The molecule has 3 rings (SSSR count). The van der Waals surface area contributed by atoms with Crippen molar-refractivity contribution in [1.82, 2.24) is 14.9 Å². The molecule has 1 fully saturated rings. The number of nitrogens with one attached hydrogen (secondary N) is 1. The minimum absolute atomic E-state index is 0. The molecule has 0 radical (unpaired) electrons. The lowest BCUT2D eigenvalue weighted by molar-refractivity contribution is -0.121. The maximum atomic E-state index is 13.3. The van der Waals surface area contributed by atoms with Gasteiger partial charge in [-0.15, -0.1) is 24.8 Å². The van der Waals surface area contributed by atoms with E-state index in [2.05, 4.69) is 10.3 Å². The number of Topliss-reactive ketones (excluding diaryl/α,β-unsaturated/α-hetero) is 1. The molecule has 0 unspecified atom stereocenters. The molecule has 0 amide bonds. The van der Waals surface area contributed by atoms with Gasteiger partial charge >= 0.3 is 0 Å². The summed E-state index contributed by atoms with van der Waals surface area (Å²) >= 11 is 0. The number of aromatic nitrogens is 2. The van der Waals surface area contributed by atoms with Crippen LogP contribution in [0.1, 0.15) is 19.3 Å². The Bertz CT molecular complexity index is 800. The van der Waals surface area contributed by atoms with Gasteiger partial charge in [-0.05, 0) is 37.6 Å². The SMILES string of the molecule is Cl.Cl.O=C(C[C@H]1NCCC[C@@H]1O)Cn1cnc2ccc(F)cc2c1=O. The highest BCUT2D eigenvalue weighted by Crippen LogP contribution is 2.12. The van der Waals surface area contributed by atoms with Crippen LogP contribution in [0, 0.1) is 5.82 Å². The zero-order valence-electron chi connectivity index (χ0n) is 13.4. The fourth-order valence-electron chi connectivity index (χ4n) is 2.89. The van der Waals surface area contributed by atoms with Crippen molar-refractivity contribution in [1.29, 1.82) is 0 Å². The van der Waals surface area contributed by atoms with Crippen LogP contribution in [0.5, 0.6) is 0 Å². The van der Waals surface area contributed by atoms with E-state index >= 15 is 0 Å². The molecule has 2 aromatic rings. The van der Waals surface area contributed by atoms with Gasteiger partial charge in [-0.2, -0.15) is 0 Å². The number of benzene rings is 1. The van der Waals surface area contributed by atoms with Gasteiger partial charge in [0.05, 0.1) is 29.9 Å². The van der Waals surface area contributed by atoms with Crippen molar-refractivity contribution in [2.45, 2.75) is 38.0 Å². The Labute approximate surface area is 156 Å². The van der Waals surface area contributed by atoms with Gasteiger partial charge in [0.2, 0.25) is 0 Å². The Hall–Kier alpha value is -1.54. The second-order valence-corrected chi connectivity index (χ2v) is 5.85. The minimum Gasteiger partial charge on any atom is -0.391 e. The average Bonchev–Trinajstić information content (AvgIpc) is 2.53. The van der Waals surface area contributed by atoms with Crippen molar-refractivity contribution in [3.05, 3.63) is 40.7 Å². The van der Waals surface area contributed by atoms with Gasteiger partial charge in [0, 0.05) is 12.5 Å². The number of rotatable bonds is 4. The fraction of sp³-hybridized carbons (Fsp3) is 0.438. The first-order valence-corrected chi connectivity index (χ1v) is 7.62. The van der Waals surface area contributed by atoms with Crippen molar-refractivity contribution in [3.8, 4) is 0 Å². The number of hydrogen-bond acceptors (Lipinski definition) is 5. The summed E-state index contributed by atoms with van der Waals surface area (Å²) in [7, 11) is 0. The number of nitrogens with zero attached hydrogens (tertiary/aromatic N) is 2. The van der Waals surface area contributed by atoms with E-state index in [0.29, 0.717) is 11.9 Å². The summed E-state index contributed by atoms with van der Waals surface area (Å²) in [6, 6.07) is 3.51. The Kier molecular flexibility index (Phi) is 7.95. The Morgan fingerprint density at radius 2 is 2.16 bits per heavy atom. The number of carbonyl (C=O) groups is 1. The van der Waals surface area contributed by atoms with E-state index in [1.165, 1.54) is 23.0 Å². The van der Waals surface area contributed by atoms with Gasteiger partial charge in [-0.25, -0.2) is 9.37 Å². The number of aliphatic hydroxyl groups is 1. The molecule has 0 bridgehead atoms. The van der Waals surface area contributed by atoms with E-state index in [4.69, 9.17) is 0 Å². The van der Waals surface area contributed by atoms with Crippen LogP contribution in [0.15, 0.2) is 29.3 Å². The first kappa shape index (κ1) is 21.5. The topological polar surface area (TPSA) is 84.2 Å². The number of carbonyl (C=O) groups excluding carboxylic acids is 1. The summed E-state index contributed by atoms with van der Waals surface area (Å²) in [5.41, 5.74) is -0.0514. The molecular formula is C16H20Cl2FN3O3. The van der Waals surface area contributed by atoms with Crippen LogP contribution < -0.4 is 10.9 Å². The van der Waals surface area contributed by atoms with E-state index in [9.17, 15) is 19.1 Å². The number of piperidine rings is 1. The van der Waals surface area contributed by atoms with Crippen LogP contribution in [0.2, 0.25) is 0 Å². The summed E-state index contributed by atoms with van der Waals surface area (Å²) in [4.78, 5) is 28.6. The van der Waals surface area contributed by atoms with Gasteiger partial charge in [0.15, 0.2) is 5.78 Å². The standard InChI is InChI=1S/C16H18FN3O3.2ClH/c17-10-3-4-13-12(6-10)16(23)20(9-19-13)8-11(21)7-14-15(22)2-1-5-18-14;;/h3-4,6,9,14-15,18,22H,1-2,5,7-8H2;2*1H/t14-,15+;;/m1../s1. The van der Waals surface area contributed by atoms with Crippen LogP contribution in [0.4, 0.5) is 4.39 Å². The highest BCUT2D eigenvalue weighted by atomic mass is 35.5. The highest BCUT2D eigenvalue weighted by Gasteiger charge is 2.25. The highest BCUT2D eigenvalue weighted by molar-refractivity contribution is 5.85. The zero-order valence-corrected chi connectivity index (χ0v) is 15.0. The Balaban J connectivity index is 0.00000156. The lowest BCUT2D eigenvalue weighted by Crippen LogP contribution is -2.46. The molecule has 1 aliphatic rings. The second-order valence-electron chi connectivity index (χ2n) is 5.85. The lowest BCUT2D eigenvalue weighted by Gasteiger charge is -2.28. The Morgan fingerprint density at radius 3 is 2.88 bits per heavy atom. The minimum atomic E-state index is -0.548. The Morgan fingerprint density at radius 1 is 1.40 bits per heavy atom. The van der Waals surface area contributed by atoms with Gasteiger partial charge in [0.25, 0.3) is 5.56 Å². The van der Waals surface area contributed by atoms with Crippen LogP contribution in [0.25, 0.3) is 10.9 Å². The van der Waals surface area contributed by atoms with Crippen molar-refractivity contribution in [2.75, 3.05) is 6.54 Å². The van der Waals surface area contributed by atoms with Crippen LogP contribution in [-0.2, 0) is 11.3 Å². The molecule has 138 valence electrons. The first-order valence-electron chi connectivity index (χ1n) is 7.62. The number of hydrogen-bond donors (Lipinski definition) is 2. The molecule has 6 nitrogen and oxygen atoms in total. The van der Waals surface area contributed by atoms with Crippen molar-refractivity contribution >= 4 is 41.5 Å². The fourth-order valence-corrected chi connectivity index (χ4v) is 2.89. The molecule has 2 atom stereocenters. The van der Waals surface area contributed by atoms with E-state index < -0.39 is 17.5 Å². The summed E-state index contributed by atoms with van der Waals surface area (Å²) in [6.07, 6.45) is 2.45.